The van der Waals surface area contributed by atoms with Gasteiger partial charge < -0.3 is 19.1 Å². The maximum Gasteiger partial charge on any atom is 0.338 e. The number of phenols is 1. The highest BCUT2D eigenvalue weighted by Gasteiger charge is 2.22. The summed E-state index contributed by atoms with van der Waals surface area (Å²) >= 11 is 0. The van der Waals surface area contributed by atoms with E-state index in [2.05, 4.69) is 24.5 Å². The Bertz CT molecular complexity index is 1530. The number of carbonyl (C=O) groups excluding carboxylic acids is 1. The molecule has 35 heavy (non-hydrogen) atoms. The van der Waals surface area contributed by atoms with Gasteiger partial charge in [0.2, 0.25) is 0 Å². The number of rotatable bonds is 6. The van der Waals surface area contributed by atoms with Crippen molar-refractivity contribution >= 4 is 27.8 Å². The third kappa shape index (κ3) is 4.10. The van der Waals surface area contributed by atoms with E-state index >= 15 is 0 Å². The maximum atomic E-state index is 12.6. The number of aromatic hydroxyl groups is 1. The molecule has 5 aromatic rings. The van der Waals surface area contributed by atoms with Crippen molar-refractivity contribution in [1.29, 1.82) is 0 Å². The van der Waals surface area contributed by atoms with Crippen LogP contribution in [0.15, 0.2) is 84.9 Å². The fourth-order valence-electron chi connectivity index (χ4n) is 4.56. The molecule has 0 spiro atoms. The lowest BCUT2D eigenvalue weighted by atomic mass is 9.99. The summed E-state index contributed by atoms with van der Waals surface area (Å²) in [6.07, 6.45) is 0. The van der Waals surface area contributed by atoms with Crippen molar-refractivity contribution in [2.45, 2.75) is 26.3 Å². The molecule has 0 radical (unpaired) electrons. The third-order valence-electron chi connectivity index (χ3n) is 6.34. The normalized spacial score (nSPS) is 11.3. The van der Waals surface area contributed by atoms with Crippen LogP contribution in [0.1, 0.15) is 41.3 Å². The first-order valence-electron chi connectivity index (χ1n) is 11.6. The molecule has 5 rings (SSSR count). The minimum absolute atomic E-state index is 0.153. The van der Waals surface area contributed by atoms with Crippen LogP contribution in [0.5, 0.6) is 17.2 Å². The molecule has 5 nitrogen and oxygen atoms in total. The number of aromatic nitrogens is 1. The van der Waals surface area contributed by atoms with Crippen LogP contribution in [0.3, 0.4) is 0 Å². The molecule has 0 fully saturated rings. The molecule has 0 amide bonds. The summed E-state index contributed by atoms with van der Waals surface area (Å²) in [6.45, 7) is 4.68. The molecule has 0 bridgehead atoms. The predicted octanol–water partition coefficient (Wildman–Crippen LogP) is 7.25. The lowest BCUT2D eigenvalue weighted by Gasteiger charge is -2.14. The molecule has 0 aliphatic carbocycles. The first-order chi connectivity index (χ1) is 17.0. The molecule has 176 valence electrons. The molecule has 1 aromatic heterocycles. The number of esters is 1. The van der Waals surface area contributed by atoms with Crippen LogP contribution in [0.4, 0.5) is 0 Å². The van der Waals surface area contributed by atoms with Gasteiger partial charge in [-0.2, -0.15) is 0 Å². The highest BCUT2D eigenvalue weighted by atomic mass is 16.5. The molecule has 5 heteroatoms. The second-order valence-corrected chi connectivity index (χ2v) is 8.89. The van der Waals surface area contributed by atoms with Gasteiger partial charge in [0, 0.05) is 10.9 Å². The van der Waals surface area contributed by atoms with Crippen molar-refractivity contribution in [3.8, 4) is 17.2 Å². The standard InChI is InChI=1S/C30H27NO4/c1-19(2)21-16-25-29(26(32)17-21)28-23(30(33)34-3)13-9-14-24(28)31(25)18-20-10-7-8-15-27(20)35-22-11-5-4-6-12-22/h4-17,19,32H,18H2,1-3H3. The zero-order chi connectivity index (χ0) is 24.5. The zero-order valence-corrected chi connectivity index (χ0v) is 20.0. The second kappa shape index (κ2) is 9.18. The first-order valence-corrected chi connectivity index (χ1v) is 11.6. The summed E-state index contributed by atoms with van der Waals surface area (Å²) in [4.78, 5) is 12.6. The molecule has 4 aromatic carbocycles. The van der Waals surface area contributed by atoms with E-state index in [1.54, 1.807) is 12.1 Å². The van der Waals surface area contributed by atoms with Crippen LogP contribution in [-0.4, -0.2) is 22.8 Å². The second-order valence-electron chi connectivity index (χ2n) is 8.89. The molecule has 0 atom stereocenters. The lowest BCUT2D eigenvalue weighted by Crippen LogP contribution is -2.03. The average molecular weight is 466 g/mol. The number of para-hydroxylation sites is 2. The van der Waals surface area contributed by atoms with Gasteiger partial charge in [0.1, 0.15) is 17.2 Å². The summed E-state index contributed by atoms with van der Waals surface area (Å²) < 4.78 is 13.4. The predicted molar refractivity (Wildman–Crippen MR) is 139 cm³/mol. The molecular formula is C30H27NO4. The average Bonchev–Trinajstić information content (AvgIpc) is 3.19. The number of ether oxygens (including phenoxy) is 2. The summed E-state index contributed by atoms with van der Waals surface area (Å²) in [5.41, 5.74) is 4.12. The van der Waals surface area contributed by atoms with Gasteiger partial charge in [-0.3, -0.25) is 0 Å². The Balaban J connectivity index is 1.74. The number of carbonyl (C=O) groups is 1. The third-order valence-corrected chi connectivity index (χ3v) is 6.34. The largest absolute Gasteiger partial charge is 0.507 e. The Morgan fingerprint density at radius 2 is 1.63 bits per heavy atom. The van der Waals surface area contributed by atoms with Gasteiger partial charge in [-0.25, -0.2) is 4.79 Å². The Hall–Kier alpha value is -4.25. The van der Waals surface area contributed by atoms with Crippen LogP contribution >= 0.6 is 0 Å². The summed E-state index contributed by atoms with van der Waals surface area (Å²) in [5, 5.41) is 12.4. The lowest BCUT2D eigenvalue weighted by molar-refractivity contribution is 0.0603. The van der Waals surface area contributed by atoms with Crippen molar-refractivity contribution in [1.82, 2.24) is 4.57 Å². The maximum absolute atomic E-state index is 12.6. The monoisotopic (exact) mass is 465 g/mol. The molecule has 0 unspecified atom stereocenters. The van der Waals surface area contributed by atoms with Gasteiger partial charge in [-0.1, -0.05) is 56.3 Å². The SMILES string of the molecule is COC(=O)c1cccc2c1c1c(O)cc(C(C)C)cc1n2Cc1ccccc1Oc1ccccc1. The van der Waals surface area contributed by atoms with Crippen LogP contribution in [-0.2, 0) is 11.3 Å². The van der Waals surface area contributed by atoms with Crippen LogP contribution < -0.4 is 4.74 Å². The van der Waals surface area contributed by atoms with Crippen molar-refractivity contribution < 1.29 is 19.4 Å². The van der Waals surface area contributed by atoms with E-state index in [0.717, 1.165) is 33.7 Å². The van der Waals surface area contributed by atoms with Gasteiger partial charge in [0.15, 0.2) is 0 Å². The summed E-state index contributed by atoms with van der Waals surface area (Å²) in [6, 6.07) is 27.0. The fraction of sp³-hybridized carbons (Fsp3) is 0.167. The molecule has 0 saturated heterocycles. The van der Waals surface area contributed by atoms with E-state index in [9.17, 15) is 9.90 Å². The van der Waals surface area contributed by atoms with Crippen molar-refractivity contribution in [3.05, 3.63) is 102 Å². The summed E-state index contributed by atoms with van der Waals surface area (Å²) in [7, 11) is 1.37. The molecule has 1 heterocycles. The van der Waals surface area contributed by atoms with Crippen LogP contribution in [0.2, 0.25) is 0 Å². The molecule has 0 saturated carbocycles. The highest BCUT2D eigenvalue weighted by Crippen LogP contribution is 2.40. The Kier molecular flexibility index (Phi) is 5.91. The molecule has 0 aliphatic rings. The summed E-state index contributed by atoms with van der Waals surface area (Å²) in [5.74, 6) is 1.46. The Morgan fingerprint density at radius 3 is 2.37 bits per heavy atom. The Labute approximate surface area is 204 Å². The van der Waals surface area contributed by atoms with Crippen LogP contribution in [0.25, 0.3) is 21.8 Å². The minimum Gasteiger partial charge on any atom is -0.507 e. The minimum atomic E-state index is -0.435. The van der Waals surface area contributed by atoms with E-state index in [-0.39, 0.29) is 11.7 Å². The first kappa shape index (κ1) is 22.5. The van der Waals surface area contributed by atoms with E-state index in [4.69, 9.17) is 9.47 Å². The number of hydrogen-bond donors (Lipinski definition) is 1. The van der Waals surface area contributed by atoms with Gasteiger partial charge >= 0.3 is 5.97 Å². The van der Waals surface area contributed by atoms with E-state index in [1.807, 2.05) is 66.7 Å². The van der Waals surface area contributed by atoms with E-state index in [1.165, 1.54) is 7.11 Å². The van der Waals surface area contributed by atoms with Gasteiger partial charge in [-0.15, -0.1) is 0 Å². The van der Waals surface area contributed by atoms with Gasteiger partial charge in [0.25, 0.3) is 0 Å². The number of phenolic OH excluding ortho intramolecular Hbond substituents is 1. The molecule has 1 N–H and O–H groups in total. The topological polar surface area (TPSA) is 60.7 Å². The number of fused-ring (bicyclic) bond motifs is 3. The number of benzene rings is 4. The number of methoxy groups -OCH3 is 1. The number of hydrogen-bond acceptors (Lipinski definition) is 4. The van der Waals surface area contributed by atoms with E-state index < -0.39 is 5.97 Å². The highest BCUT2D eigenvalue weighted by molar-refractivity contribution is 6.19. The quantitative estimate of drug-likeness (QED) is 0.268. The fourth-order valence-corrected chi connectivity index (χ4v) is 4.56. The van der Waals surface area contributed by atoms with E-state index in [0.29, 0.717) is 22.9 Å². The molecule has 0 aliphatic heterocycles. The van der Waals surface area contributed by atoms with Crippen molar-refractivity contribution in [3.63, 3.8) is 0 Å². The Morgan fingerprint density at radius 1 is 0.886 bits per heavy atom. The zero-order valence-electron chi connectivity index (χ0n) is 20.0. The number of nitrogens with zero attached hydrogens (tertiary/aromatic N) is 1. The van der Waals surface area contributed by atoms with Crippen LogP contribution in [0, 0.1) is 0 Å². The van der Waals surface area contributed by atoms with Gasteiger partial charge in [-0.05, 0) is 53.9 Å². The van der Waals surface area contributed by atoms with Crippen molar-refractivity contribution in [2.24, 2.45) is 0 Å². The van der Waals surface area contributed by atoms with Crippen molar-refractivity contribution in [2.75, 3.05) is 7.11 Å². The molecular weight excluding hydrogens is 438 g/mol. The van der Waals surface area contributed by atoms with Gasteiger partial charge in [0.05, 0.1) is 35.6 Å². The smallest absolute Gasteiger partial charge is 0.338 e.